The molecule has 1 saturated carbocycles. The Labute approximate surface area is 210 Å². The smallest absolute Gasteiger partial charge is 0.408 e. The van der Waals surface area contributed by atoms with Crippen LogP contribution in [0.25, 0.3) is 0 Å². The average Bonchev–Trinajstić information content (AvgIpc) is 3.53. The van der Waals surface area contributed by atoms with Crippen molar-refractivity contribution >= 4 is 29.7 Å². The summed E-state index contributed by atoms with van der Waals surface area (Å²) in [7, 11) is 0. The van der Waals surface area contributed by atoms with Crippen LogP contribution in [0, 0.1) is 11.8 Å². The second-order valence-corrected chi connectivity index (χ2v) is 9.88. The number of ether oxygens (including phenoxy) is 1. The van der Waals surface area contributed by atoms with Crippen LogP contribution in [0.4, 0.5) is 4.79 Å². The second kappa shape index (κ2) is 18.5. The Kier molecular flexibility index (Phi) is 18.1. The lowest BCUT2D eigenvalue weighted by molar-refractivity contribution is -0.129. The number of alkyl carbamates (subject to hydrolysis) is 1. The fourth-order valence-electron chi connectivity index (χ4n) is 2.25. The van der Waals surface area contributed by atoms with Gasteiger partial charge in [-0.15, -0.1) is 0 Å². The van der Waals surface area contributed by atoms with Crippen LogP contribution in [0.3, 0.4) is 0 Å². The monoisotopic (exact) mass is 501 g/mol. The molecule has 1 atom stereocenters. The van der Waals surface area contributed by atoms with Gasteiger partial charge in [-0.25, -0.2) is 4.79 Å². The number of hydrogen-bond acceptors (Lipinski definition) is 6. The van der Waals surface area contributed by atoms with E-state index in [2.05, 4.69) is 42.0 Å². The van der Waals surface area contributed by atoms with E-state index in [4.69, 9.17) is 10.5 Å². The first-order valence-electron chi connectivity index (χ1n) is 12.2. The lowest BCUT2D eigenvalue weighted by Crippen LogP contribution is -2.51. The average molecular weight is 502 g/mol. The second-order valence-electron chi connectivity index (χ2n) is 9.88. The van der Waals surface area contributed by atoms with Gasteiger partial charge in [0.25, 0.3) is 0 Å². The summed E-state index contributed by atoms with van der Waals surface area (Å²) >= 11 is 0. The third-order valence-electron chi connectivity index (χ3n) is 3.84. The number of primary amides is 1. The Morgan fingerprint density at radius 3 is 1.83 bits per heavy atom. The predicted octanol–water partition coefficient (Wildman–Crippen LogP) is 1.59. The molecule has 0 aromatic carbocycles. The van der Waals surface area contributed by atoms with Crippen molar-refractivity contribution < 1.29 is 28.7 Å². The zero-order valence-electron chi connectivity index (χ0n) is 22.7. The van der Waals surface area contributed by atoms with Crippen LogP contribution in [0.2, 0.25) is 0 Å². The maximum absolute atomic E-state index is 12.0. The van der Waals surface area contributed by atoms with Crippen LogP contribution in [0.15, 0.2) is 0 Å². The molecule has 0 spiro atoms. The molecule has 1 fully saturated rings. The molecule has 11 nitrogen and oxygen atoms in total. The topological polar surface area (TPSA) is 169 Å². The zero-order valence-corrected chi connectivity index (χ0v) is 22.7. The molecule has 204 valence electrons. The molecule has 1 rings (SSSR count). The Morgan fingerprint density at radius 1 is 0.914 bits per heavy atom. The number of hydrogen-bond donors (Lipinski definition) is 5. The molecule has 0 bridgehead atoms. The Hall–Kier alpha value is -2.85. The molecule has 6 N–H and O–H groups in total. The predicted molar refractivity (Wildman–Crippen MR) is 135 cm³/mol. The molecule has 0 saturated heterocycles. The highest BCUT2D eigenvalue weighted by Crippen LogP contribution is 2.33. The molecule has 11 heteroatoms. The first kappa shape index (κ1) is 34.3. The van der Waals surface area contributed by atoms with Crippen molar-refractivity contribution in [2.24, 2.45) is 17.6 Å². The molecular weight excluding hydrogens is 454 g/mol. The number of carbonyl (C=O) groups excluding carboxylic acids is 5. The van der Waals surface area contributed by atoms with Gasteiger partial charge < -0.3 is 31.7 Å². The fraction of sp³-hybridized carbons (Fsp3) is 0.792. The summed E-state index contributed by atoms with van der Waals surface area (Å²) in [5.41, 5.74) is 4.32. The maximum Gasteiger partial charge on any atom is 0.408 e. The molecule has 1 aliphatic carbocycles. The minimum atomic E-state index is -0.759. The van der Waals surface area contributed by atoms with Gasteiger partial charge in [-0.2, -0.15) is 0 Å². The highest BCUT2D eigenvalue weighted by Gasteiger charge is 2.30. The van der Waals surface area contributed by atoms with Gasteiger partial charge in [-0.3, -0.25) is 19.2 Å². The molecule has 35 heavy (non-hydrogen) atoms. The Balaban J connectivity index is 0. The summed E-state index contributed by atoms with van der Waals surface area (Å²) in [6.07, 6.45) is 2.38. The number of rotatable bonds is 10. The lowest BCUT2D eigenvalue weighted by Gasteiger charge is -2.20. The minimum absolute atomic E-state index is 0.127. The summed E-state index contributed by atoms with van der Waals surface area (Å²) in [6, 6.07) is -0.759. The van der Waals surface area contributed by atoms with Gasteiger partial charge in [0.15, 0.2) is 0 Å². The van der Waals surface area contributed by atoms with E-state index in [1.807, 2.05) is 13.8 Å². The van der Waals surface area contributed by atoms with Crippen molar-refractivity contribution in [1.29, 1.82) is 0 Å². The summed E-state index contributed by atoms with van der Waals surface area (Å²) < 4.78 is 5.02. The Morgan fingerprint density at radius 2 is 1.46 bits per heavy atom. The van der Waals surface area contributed by atoms with Crippen LogP contribution >= 0.6 is 0 Å². The number of nitrogens with one attached hydrogen (secondary N) is 4. The third-order valence-corrected chi connectivity index (χ3v) is 3.84. The maximum atomic E-state index is 12.0. The molecule has 0 heterocycles. The third kappa shape index (κ3) is 25.6. The van der Waals surface area contributed by atoms with E-state index in [-0.39, 0.29) is 19.0 Å². The van der Waals surface area contributed by atoms with Crippen molar-refractivity contribution in [3.05, 3.63) is 0 Å². The quantitative estimate of drug-likeness (QED) is 0.304. The highest BCUT2D eigenvalue weighted by atomic mass is 16.6. The van der Waals surface area contributed by atoms with Gasteiger partial charge in [-0.05, 0) is 46.0 Å². The lowest BCUT2D eigenvalue weighted by atomic mass is 10.1. The van der Waals surface area contributed by atoms with E-state index in [1.54, 1.807) is 20.8 Å². The van der Waals surface area contributed by atoms with Gasteiger partial charge in [0, 0.05) is 13.0 Å². The zero-order chi connectivity index (χ0) is 27.6. The summed E-state index contributed by atoms with van der Waals surface area (Å²) in [6.45, 7) is 15.5. The molecular formula is C24H47N5O6. The van der Waals surface area contributed by atoms with Crippen LogP contribution in [-0.4, -0.2) is 61.0 Å². The van der Waals surface area contributed by atoms with E-state index in [0.29, 0.717) is 18.8 Å². The van der Waals surface area contributed by atoms with Gasteiger partial charge >= 0.3 is 6.09 Å². The van der Waals surface area contributed by atoms with Crippen LogP contribution in [0.1, 0.15) is 81.1 Å². The number of nitrogens with two attached hydrogens (primary N) is 1. The highest BCUT2D eigenvalue weighted by molar-refractivity contribution is 5.91. The van der Waals surface area contributed by atoms with Crippen molar-refractivity contribution in [3.8, 4) is 0 Å². The van der Waals surface area contributed by atoms with E-state index in [1.165, 1.54) is 0 Å². The van der Waals surface area contributed by atoms with Gasteiger partial charge in [0.2, 0.25) is 23.6 Å². The summed E-state index contributed by atoms with van der Waals surface area (Å²) in [5.74, 6) is -0.297. The van der Waals surface area contributed by atoms with Gasteiger partial charge in [0.1, 0.15) is 18.2 Å². The van der Waals surface area contributed by atoms with Gasteiger partial charge in [-0.1, -0.05) is 40.5 Å². The molecule has 0 aliphatic heterocycles. The number of carbonyl (C=O) groups is 5. The Bertz CT molecular complexity index is 669. The first-order valence-corrected chi connectivity index (χ1v) is 12.2. The van der Waals surface area contributed by atoms with E-state index in [0.717, 1.165) is 25.3 Å². The standard InChI is InChI=1S/C15H26N4O5.C5H11NO.C4H10/c1-15(2,3)24-14(23)18-8-12(21)19-10(6-9-4-5-9)13(22)17-7-11(16)20;1-3-5(7)6-4-2;1-4(2)3/h9-10H,4-8H2,1-3H3,(H2,16,20)(H,17,22)(H,18,23)(H,19,21);3-4H2,1-2H3,(H,6,7);4H,1-3H3. The SMILES string of the molecule is CC(C)(C)OC(=O)NCC(=O)NC(CC1CC1)C(=O)NCC(N)=O.CC(C)C.CCNC(=O)CC. The molecule has 1 unspecified atom stereocenters. The van der Waals surface area contributed by atoms with Crippen LogP contribution in [0.5, 0.6) is 0 Å². The molecule has 0 aromatic rings. The summed E-state index contributed by atoms with van der Waals surface area (Å²) in [5, 5.41) is 9.91. The van der Waals surface area contributed by atoms with E-state index in [9.17, 15) is 24.0 Å². The molecule has 5 amide bonds. The minimum Gasteiger partial charge on any atom is -0.444 e. The molecule has 0 radical (unpaired) electrons. The van der Waals surface area contributed by atoms with Crippen LogP contribution < -0.4 is 27.0 Å². The molecule has 1 aliphatic rings. The van der Waals surface area contributed by atoms with Crippen molar-refractivity contribution in [1.82, 2.24) is 21.3 Å². The normalized spacial score (nSPS) is 13.1. The summed E-state index contributed by atoms with van der Waals surface area (Å²) in [4.78, 5) is 56.5. The van der Waals surface area contributed by atoms with Crippen LogP contribution in [-0.2, 0) is 23.9 Å². The fourth-order valence-corrected chi connectivity index (χ4v) is 2.25. The largest absolute Gasteiger partial charge is 0.444 e. The molecule has 0 aromatic heterocycles. The number of amides is 5. The van der Waals surface area contributed by atoms with E-state index >= 15 is 0 Å². The van der Waals surface area contributed by atoms with Crippen molar-refractivity contribution in [2.75, 3.05) is 19.6 Å². The van der Waals surface area contributed by atoms with Crippen molar-refractivity contribution in [3.63, 3.8) is 0 Å². The first-order chi connectivity index (χ1) is 16.1. The van der Waals surface area contributed by atoms with E-state index < -0.39 is 35.5 Å². The van der Waals surface area contributed by atoms with Gasteiger partial charge in [0.05, 0.1) is 6.54 Å². The van der Waals surface area contributed by atoms with Crippen molar-refractivity contribution in [2.45, 2.75) is 92.7 Å².